The summed E-state index contributed by atoms with van der Waals surface area (Å²) in [7, 11) is 0. The molecule has 7 nitrogen and oxygen atoms in total. The van der Waals surface area contributed by atoms with Gasteiger partial charge in [-0.15, -0.1) is 0 Å². The Balaban J connectivity index is 1.97. The SMILES string of the molecule is C[C@H](NC(=O)OC(C)(C)C)C(=O)N[C@H]1Cc2ccccc2CNC1=O. The molecule has 2 atom stereocenters. The Morgan fingerprint density at radius 2 is 1.88 bits per heavy atom. The maximum atomic E-state index is 12.3. The maximum Gasteiger partial charge on any atom is 0.408 e. The number of hydrogen-bond acceptors (Lipinski definition) is 4. The summed E-state index contributed by atoms with van der Waals surface area (Å²) >= 11 is 0. The number of benzene rings is 1. The molecule has 0 spiro atoms. The summed E-state index contributed by atoms with van der Waals surface area (Å²) in [5.74, 6) is -0.681. The Morgan fingerprint density at radius 3 is 2.52 bits per heavy atom. The molecule has 0 saturated heterocycles. The van der Waals surface area contributed by atoms with Crippen molar-refractivity contribution in [2.45, 2.75) is 58.3 Å². The lowest BCUT2D eigenvalue weighted by Crippen LogP contribution is -2.53. The number of fused-ring (bicyclic) bond motifs is 1. The van der Waals surface area contributed by atoms with Crippen molar-refractivity contribution in [1.29, 1.82) is 0 Å². The van der Waals surface area contributed by atoms with E-state index in [1.165, 1.54) is 0 Å². The van der Waals surface area contributed by atoms with Crippen LogP contribution in [0.15, 0.2) is 24.3 Å². The molecule has 0 saturated carbocycles. The molecule has 0 fully saturated rings. The molecule has 3 N–H and O–H groups in total. The van der Waals surface area contributed by atoms with Gasteiger partial charge in [-0.05, 0) is 38.8 Å². The molecule has 0 unspecified atom stereocenters. The van der Waals surface area contributed by atoms with Gasteiger partial charge in [0.15, 0.2) is 0 Å². The zero-order valence-corrected chi connectivity index (χ0v) is 15.0. The number of nitrogens with one attached hydrogen (secondary N) is 3. The van der Waals surface area contributed by atoms with Crippen molar-refractivity contribution in [3.8, 4) is 0 Å². The molecule has 1 aliphatic heterocycles. The fraction of sp³-hybridized carbons (Fsp3) is 0.500. The first kappa shape index (κ1) is 18.8. The number of ether oxygens (including phenoxy) is 1. The first-order valence-corrected chi connectivity index (χ1v) is 8.30. The van der Waals surface area contributed by atoms with Gasteiger partial charge in [-0.25, -0.2) is 4.79 Å². The van der Waals surface area contributed by atoms with E-state index in [0.717, 1.165) is 11.1 Å². The van der Waals surface area contributed by atoms with E-state index in [2.05, 4.69) is 16.0 Å². The smallest absolute Gasteiger partial charge is 0.408 e. The van der Waals surface area contributed by atoms with Gasteiger partial charge in [0.1, 0.15) is 17.7 Å². The van der Waals surface area contributed by atoms with Gasteiger partial charge in [-0.2, -0.15) is 0 Å². The highest BCUT2D eigenvalue weighted by Crippen LogP contribution is 2.14. The molecule has 136 valence electrons. The van der Waals surface area contributed by atoms with E-state index in [1.807, 2.05) is 24.3 Å². The predicted octanol–water partition coefficient (Wildman–Crippen LogP) is 1.26. The van der Waals surface area contributed by atoms with Gasteiger partial charge in [0, 0.05) is 13.0 Å². The average Bonchev–Trinajstić information content (AvgIpc) is 2.65. The second-order valence-corrected chi connectivity index (χ2v) is 7.12. The highest BCUT2D eigenvalue weighted by Gasteiger charge is 2.28. The van der Waals surface area contributed by atoms with Crippen molar-refractivity contribution in [3.63, 3.8) is 0 Å². The molecule has 0 radical (unpaired) electrons. The predicted molar refractivity (Wildman–Crippen MR) is 92.8 cm³/mol. The third-order valence-corrected chi connectivity index (χ3v) is 3.75. The fourth-order valence-electron chi connectivity index (χ4n) is 2.51. The number of amides is 3. The van der Waals surface area contributed by atoms with E-state index >= 15 is 0 Å². The third kappa shape index (κ3) is 5.48. The van der Waals surface area contributed by atoms with Gasteiger partial charge in [-0.1, -0.05) is 24.3 Å². The fourth-order valence-corrected chi connectivity index (χ4v) is 2.51. The molecule has 0 aliphatic carbocycles. The lowest BCUT2D eigenvalue weighted by molar-refractivity contribution is -0.129. The molecule has 7 heteroatoms. The number of carbonyl (C=O) groups excluding carboxylic acids is 3. The summed E-state index contributed by atoms with van der Waals surface area (Å²) in [4.78, 5) is 36.3. The highest BCUT2D eigenvalue weighted by molar-refractivity contribution is 5.91. The van der Waals surface area contributed by atoms with Crippen LogP contribution in [0.3, 0.4) is 0 Å². The van der Waals surface area contributed by atoms with Gasteiger partial charge in [0.25, 0.3) is 0 Å². The lowest BCUT2D eigenvalue weighted by atomic mass is 10.0. The normalized spacial score (nSPS) is 18.2. The summed E-state index contributed by atoms with van der Waals surface area (Å²) in [6.45, 7) is 7.20. The van der Waals surface area contributed by atoms with Gasteiger partial charge in [-0.3, -0.25) is 9.59 Å². The van der Waals surface area contributed by atoms with Crippen LogP contribution in [0.1, 0.15) is 38.8 Å². The molecular formula is C18H25N3O4. The summed E-state index contributed by atoms with van der Waals surface area (Å²) in [6.07, 6.45) is -0.266. The molecule has 1 heterocycles. The van der Waals surface area contributed by atoms with E-state index in [9.17, 15) is 14.4 Å². The van der Waals surface area contributed by atoms with Crippen LogP contribution in [0, 0.1) is 0 Å². The minimum Gasteiger partial charge on any atom is -0.444 e. The molecule has 0 aromatic heterocycles. The maximum absolute atomic E-state index is 12.3. The van der Waals surface area contributed by atoms with Crippen molar-refractivity contribution in [3.05, 3.63) is 35.4 Å². The Kier molecular flexibility index (Phi) is 5.66. The van der Waals surface area contributed by atoms with Crippen LogP contribution < -0.4 is 16.0 Å². The molecule has 1 aromatic carbocycles. The van der Waals surface area contributed by atoms with Crippen LogP contribution in [-0.2, 0) is 27.3 Å². The summed E-state index contributed by atoms with van der Waals surface area (Å²) < 4.78 is 5.13. The van der Waals surface area contributed by atoms with Crippen molar-refractivity contribution >= 4 is 17.9 Å². The van der Waals surface area contributed by atoms with Crippen molar-refractivity contribution in [1.82, 2.24) is 16.0 Å². The van der Waals surface area contributed by atoms with Crippen LogP contribution in [0.4, 0.5) is 4.79 Å². The van der Waals surface area contributed by atoms with Crippen molar-refractivity contribution < 1.29 is 19.1 Å². The van der Waals surface area contributed by atoms with E-state index in [-0.39, 0.29) is 5.91 Å². The summed E-state index contributed by atoms with van der Waals surface area (Å²) in [6, 6.07) is 6.21. The van der Waals surface area contributed by atoms with E-state index in [4.69, 9.17) is 4.74 Å². The molecular weight excluding hydrogens is 322 g/mol. The zero-order chi connectivity index (χ0) is 18.6. The molecule has 1 aliphatic rings. The Morgan fingerprint density at radius 1 is 1.24 bits per heavy atom. The van der Waals surface area contributed by atoms with E-state index in [1.54, 1.807) is 27.7 Å². The summed E-state index contributed by atoms with van der Waals surface area (Å²) in [5, 5.41) is 7.97. The van der Waals surface area contributed by atoms with Crippen molar-refractivity contribution in [2.24, 2.45) is 0 Å². The quantitative estimate of drug-likeness (QED) is 0.767. The second kappa shape index (κ2) is 7.55. The van der Waals surface area contributed by atoms with Gasteiger partial charge in [0.05, 0.1) is 0 Å². The van der Waals surface area contributed by atoms with Crippen LogP contribution in [0.5, 0.6) is 0 Å². The summed E-state index contributed by atoms with van der Waals surface area (Å²) in [5.41, 5.74) is 1.40. The van der Waals surface area contributed by atoms with Crippen LogP contribution >= 0.6 is 0 Å². The Hall–Kier alpha value is -2.57. The average molecular weight is 347 g/mol. The number of hydrogen-bond donors (Lipinski definition) is 3. The van der Waals surface area contributed by atoms with Crippen LogP contribution in [-0.4, -0.2) is 35.6 Å². The first-order valence-electron chi connectivity index (χ1n) is 8.30. The van der Waals surface area contributed by atoms with Gasteiger partial charge >= 0.3 is 6.09 Å². The van der Waals surface area contributed by atoms with E-state index in [0.29, 0.717) is 13.0 Å². The second-order valence-electron chi connectivity index (χ2n) is 7.12. The number of carbonyl (C=O) groups is 3. The van der Waals surface area contributed by atoms with E-state index < -0.39 is 29.7 Å². The lowest BCUT2D eigenvalue weighted by Gasteiger charge is -2.23. The Labute approximate surface area is 147 Å². The Bertz CT molecular complexity index is 667. The number of alkyl carbamates (subject to hydrolysis) is 1. The molecule has 1 aromatic rings. The van der Waals surface area contributed by atoms with Crippen molar-refractivity contribution in [2.75, 3.05) is 0 Å². The molecule has 0 bridgehead atoms. The minimum absolute atomic E-state index is 0.242. The largest absolute Gasteiger partial charge is 0.444 e. The third-order valence-electron chi connectivity index (χ3n) is 3.75. The minimum atomic E-state index is -0.818. The van der Waals surface area contributed by atoms with Gasteiger partial charge < -0.3 is 20.7 Å². The van der Waals surface area contributed by atoms with Crippen LogP contribution in [0.2, 0.25) is 0 Å². The van der Waals surface area contributed by atoms with Crippen LogP contribution in [0.25, 0.3) is 0 Å². The molecule has 3 amide bonds. The zero-order valence-electron chi connectivity index (χ0n) is 15.0. The topological polar surface area (TPSA) is 96.5 Å². The monoisotopic (exact) mass is 347 g/mol. The molecule has 2 rings (SSSR count). The van der Waals surface area contributed by atoms with Gasteiger partial charge in [0.2, 0.25) is 11.8 Å². The molecule has 25 heavy (non-hydrogen) atoms. The standard InChI is InChI=1S/C18H25N3O4/c1-11(20-17(24)25-18(2,3)4)15(22)21-14-9-12-7-5-6-8-13(12)10-19-16(14)23/h5-8,11,14H,9-10H2,1-4H3,(H,19,23)(H,20,24)(H,21,22)/t11-,14-/m0/s1. The first-order chi connectivity index (χ1) is 11.7. The highest BCUT2D eigenvalue weighted by atomic mass is 16.6. The number of rotatable bonds is 3.